The van der Waals surface area contributed by atoms with Crippen molar-refractivity contribution in [3.63, 3.8) is 0 Å². The third-order valence-corrected chi connectivity index (χ3v) is 23.3. The summed E-state index contributed by atoms with van der Waals surface area (Å²) in [6.45, 7) is 0. The Balaban J connectivity index is 0.000000130. The lowest BCUT2D eigenvalue weighted by Crippen LogP contribution is -2.02. The first-order chi connectivity index (χ1) is 55.5. The zero-order valence-corrected chi connectivity index (χ0v) is 60.2. The van der Waals surface area contributed by atoms with Crippen molar-refractivity contribution in [2.45, 2.75) is 0 Å². The second kappa shape index (κ2) is 24.2. The van der Waals surface area contributed by atoms with Crippen LogP contribution in [0.15, 0.2) is 379 Å². The van der Waals surface area contributed by atoms with E-state index in [9.17, 15) is 0 Å². The van der Waals surface area contributed by atoms with Crippen LogP contribution in [0.25, 0.3) is 231 Å². The van der Waals surface area contributed by atoms with Crippen LogP contribution in [0.4, 0.5) is 0 Å². The molecule has 9 nitrogen and oxygen atoms in total. The normalized spacial score (nSPS) is 12.1. The van der Waals surface area contributed by atoms with Crippen LogP contribution in [0, 0.1) is 0 Å². The molecule has 8 heterocycles. The number of benzene rings is 17. The second-order valence-electron chi connectivity index (χ2n) is 29.3. The van der Waals surface area contributed by atoms with Gasteiger partial charge in [0.2, 0.25) is 0 Å². The molecule has 0 spiro atoms. The number of fused-ring (bicyclic) bond motifs is 25. The van der Waals surface area contributed by atoms with E-state index in [4.69, 9.17) is 23.8 Å². The van der Waals surface area contributed by atoms with E-state index < -0.39 is 0 Å². The molecule has 9 heteroatoms. The van der Waals surface area contributed by atoms with Gasteiger partial charge in [-0.3, -0.25) is 9.13 Å². The topological polar surface area (TPSA) is 84.7 Å². The smallest absolute Gasteiger partial charge is 0.162 e. The molecule has 8 aromatic heterocycles. The highest BCUT2D eigenvalue weighted by molar-refractivity contribution is 6.26. The van der Waals surface area contributed by atoms with Gasteiger partial charge in [-0.15, -0.1) is 0 Å². The van der Waals surface area contributed by atoms with Gasteiger partial charge >= 0.3 is 0 Å². The van der Waals surface area contributed by atoms with Crippen LogP contribution in [0.5, 0.6) is 0 Å². The van der Waals surface area contributed by atoms with Gasteiger partial charge in [0.15, 0.2) is 5.82 Å². The summed E-state index contributed by atoms with van der Waals surface area (Å²) >= 11 is 0. The number of hydrogen-bond acceptors (Lipinski definition) is 5. The van der Waals surface area contributed by atoms with Gasteiger partial charge in [-0.25, -0.2) is 15.0 Å². The van der Waals surface area contributed by atoms with Crippen molar-refractivity contribution in [1.82, 2.24) is 33.2 Å². The van der Waals surface area contributed by atoms with Gasteiger partial charge < -0.3 is 18.0 Å². The molecule has 25 rings (SSSR count). The van der Waals surface area contributed by atoms with Crippen molar-refractivity contribution in [3.8, 4) is 56.7 Å². The molecule has 0 fully saturated rings. The summed E-state index contributed by atoms with van der Waals surface area (Å²) in [7, 11) is 0. The zero-order valence-electron chi connectivity index (χ0n) is 60.2. The minimum Gasteiger partial charge on any atom is -0.456 e. The van der Waals surface area contributed by atoms with Crippen molar-refractivity contribution in [2.24, 2.45) is 0 Å². The van der Waals surface area contributed by atoms with Crippen LogP contribution in [0.1, 0.15) is 0 Å². The Morgan fingerprint density at radius 3 is 1.03 bits per heavy atom. The summed E-state index contributed by atoms with van der Waals surface area (Å²) in [6.07, 6.45) is 2.06. The van der Waals surface area contributed by atoms with Crippen LogP contribution in [-0.2, 0) is 0 Å². The Bertz CT molecular complexity index is 8260. The van der Waals surface area contributed by atoms with E-state index in [0.29, 0.717) is 5.82 Å². The van der Waals surface area contributed by atoms with Gasteiger partial charge in [-0.1, -0.05) is 224 Å². The Kier molecular flexibility index (Phi) is 13.4. The van der Waals surface area contributed by atoms with Crippen LogP contribution in [0.3, 0.4) is 0 Å². The quantitative estimate of drug-likeness (QED) is 0.148. The number of furan rings is 2. The molecule has 0 saturated heterocycles. The molecular weight excluding hydrogens is 1370 g/mol. The molecule has 0 saturated carbocycles. The van der Waals surface area contributed by atoms with Gasteiger partial charge in [-0.05, 0) is 177 Å². The average molecular weight is 1430 g/mol. The number of nitrogens with zero attached hydrogens (tertiary/aromatic N) is 7. The van der Waals surface area contributed by atoms with E-state index in [1.54, 1.807) is 0 Å². The third-order valence-electron chi connectivity index (χ3n) is 23.3. The lowest BCUT2D eigenvalue weighted by atomic mass is 9.95. The Morgan fingerprint density at radius 1 is 0.196 bits per heavy atom. The lowest BCUT2D eigenvalue weighted by molar-refractivity contribution is 0.668. The molecule has 0 amide bonds. The molecule has 0 radical (unpaired) electrons. The number of aromatic nitrogens is 7. The Hall–Kier alpha value is -15.2. The summed E-state index contributed by atoms with van der Waals surface area (Å²) in [4.78, 5) is 15.4. The monoisotopic (exact) mass is 1430 g/mol. The largest absolute Gasteiger partial charge is 0.456 e. The third kappa shape index (κ3) is 9.34. The minimum atomic E-state index is 0.710. The van der Waals surface area contributed by atoms with Crippen LogP contribution in [-0.4, -0.2) is 33.2 Å². The highest BCUT2D eigenvalue weighted by Gasteiger charge is 2.23. The first kappa shape index (κ1) is 61.9. The fraction of sp³-hybridized carbons (Fsp3) is 0. The average Bonchev–Trinajstić information content (AvgIpc) is 1.15. The standard InChI is InChI=1S/C53H31N3O.C50H30N4O/c1-3-13-37-35(11-1)36-12-2-4-14-38(36)46-31-54-53(30-43(37)46)56-48-19-9-6-16-40(48)45-28-33(22-26-50(45)56)32-21-25-49-44(27-32)39-15-5-8-18-47(39)55(49)34-23-24-42-41-17-7-10-20-51(41)57-52(42)29-34;1-2-12-31(13-3-1)49-51-42-18-8-4-17-39(42)50(52-49)54-44-20-10-6-15-36(44)41-29-33(23-27-46(41)54)32-22-26-45-40(28-32)35-14-5-9-19-43(35)53(45)34-24-25-38-37-16-7-11-21-47(37)55-48(38)30-34/h1-31H;1-30H. The van der Waals surface area contributed by atoms with Crippen molar-refractivity contribution < 1.29 is 8.83 Å². The molecule has 0 bridgehead atoms. The summed E-state index contributed by atoms with van der Waals surface area (Å²) in [6, 6.07) is 130. The van der Waals surface area contributed by atoms with Crippen molar-refractivity contribution in [3.05, 3.63) is 370 Å². The van der Waals surface area contributed by atoms with Crippen molar-refractivity contribution >= 4 is 174 Å². The number of para-hydroxylation sites is 7. The summed E-state index contributed by atoms with van der Waals surface area (Å²) < 4.78 is 22.0. The molecule has 0 aliphatic carbocycles. The second-order valence-corrected chi connectivity index (χ2v) is 29.3. The fourth-order valence-corrected chi connectivity index (χ4v) is 18.2. The van der Waals surface area contributed by atoms with Crippen LogP contribution < -0.4 is 0 Å². The SMILES string of the molecule is c1ccc(-c2nc(-n3c4ccccc4c4cc(-c5ccc6c(c5)c5ccccc5n6-c5ccc6c(c5)oc5ccccc56)ccc43)c3ccccc3n2)cc1.c1ccc2c(c1)oc1cc(-n3c4ccccc4c4cc(-c5ccc6c(c5)c5ccccc5n6-c5cc6c7ccccc7c7ccccc7c6cn5)ccc43)ccc12. The zero-order chi connectivity index (χ0) is 73.2. The van der Waals surface area contributed by atoms with Crippen LogP contribution in [0.2, 0.25) is 0 Å². The van der Waals surface area contributed by atoms with E-state index in [0.717, 1.165) is 128 Å². The van der Waals surface area contributed by atoms with E-state index >= 15 is 0 Å². The molecule has 0 N–H and O–H groups in total. The van der Waals surface area contributed by atoms with Crippen molar-refractivity contribution in [1.29, 1.82) is 0 Å². The summed E-state index contributed by atoms with van der Waals surface area (Å²) in [5.74, 6) is 2.50. The van der Waals surface area contributed by atoms with E-state index in [1.807, 2.05) is 48.5 Å². The maximum atomic E-state index is 6.32. The number of rotatable bonds is 7. The molecule has 112 heavy (non-hydrogen) atoms. The van der Waals surface area contributed by atoms with E-state index in [2.05, 4.69) is 340 Å². The first-order valence-electron chi connectivity index (χ1n) is 38.0. The van der Waals surface area contributed by atoms with Gasteiger partial charge in [0, 0.05) is 111 Å². The molecule has 0 aliphatic heterocycles. The maximum absolute atomic E-state index is 6.32. The van der Waals surface area contributed by atoms with Gasteiger partial charge in [-0.2, -0.15) is 0 Å². The molecule has 25 aromatic rings. The highest BCUT2D eigenvalue weighted by Crippen LogP contribution is 2.45. The van der Waals surface area contributed by atoms with Gasteiger partial charge in [0.05, 0.1) is 49.7 Å². The van der Waals surface area contributed by atoms with Gasteiger partial charge in [0.25, 0.3) is 0 Å². The predicted octanol–water partition coefficient (Wildman–Crippen LogP) is 27.4. The molecule has 0 aliphatic rings. The fourth-order valence-electron chi connectivity index (χ4n) is 18.2. The van der Waals surface area contributed by atoms with Gasteiger partial charge in [0.1, 0.15) is 34.0 Å². The Morgan fingerprint density at radius 2 is 0.545 bits per heavy atom. The maximum Gasteiger partial charge on any atom is 0.162 e. The minimum absolute atomic E-state index is 0.710. The molecule has 520 valence electrons. The lowest BCUT2D eigenvalue weighted by Gasteiger charge is -2.13. The summed E-state index contributed by atoms with van der Waals surface area (Å²) in [5.41, 5.74) is 21.5. The highest BCUT2D eigenvalue weighted by atomic mass is 16.3. The van der Waals surface area contributed by atoms with Crippen LogP contribution >= 0.6 is 0 Å². The molecule has 0 unspecified atom stereocenters. The molecular formula is C103H61N7O2. The molecule has 17 aromatic carbocycles. The van der Waals surface area contributed by atoms with Crippen molar-refractivity contribution in [2.75, 3.05) is 0 Å². The predicted molar refractivity (Wildman–Crippen MR) is 465 cm³/mol. The summed E-state index contributed by atoms with van der Waals surface area (Å²) in [5, 5.41) is 22.5. The number of pyridine rings is 1. The van der Waals surface area contributed by atoms with E-state index in [-0.39, 0.29) is 0 Å². The first-order valence-corrected chi connectivity index (χ1v) is 38.0. The van der Waals surface area contributed by atoms with E-state index in [1.165, 1.54) is 97.6 Å². The Labute approximate surface area is 639 Å². The molecule has 0 atom stereocenters. The number of hydrogen-bond donors (Lipinski definition) is 0.